The predicted molar refractivity (Wildman–Crippen MR) is 150 cm³/mol. The van der Waals surface area contributed by atoms with E-state index in [-0.39, 0.29) is 30.9 Å². The fraction of sp³-hybridized carbons (Fsp3) is 0.333. The molecule has 0 bridgehead atoms. The zero-order valence-corrected chi connectivity index (χ0v) is 23.1. The number of halogens is 2. The number of aryl methyl sites for hydroxylation is 1. The van der Waals surface area contributed by atoms with Gasteiger partial charge in [0.2, 0.25) is 5.91 Å². The van der Waals surface area contributed by atoms with Gasteiger partial charge in [-0.1, -0.05) is 92.5 Å². The van der Waals surface area contributed by atoms with Crippen molar-refractivity contribution in [1.82, 2.24) is 10.2 Å². The second-order valence-corrected chi connectivity index (χ2v) is 10.2. The molecule has 37 heavy (non-hydrogen) atoms. The first kappa shape index (κ1) is 28.5. The Kier molecular flexibility index (Phi) is 10.8. The van der Waals surface area contributed by atoms with Crippen molar-refractivity contribution in [2.45, 2.75) is 46.2 Å². The zero-order chi connectivity index (χ0) is 26.8. The van der Waals surface area contributed by atoms with Gasteiger partial charge < -0.3 is 15.0 Å². The van der Waals surface area contributed by atoms with Crippen LogP contribution in [0.3, 0.4) is 0 Å². The van der Waals surface area contributed by atoms with E-state index in [0.717, 1.165) is 12.0 Å². The van der Waals surface area contributed by atoms with E-state index in [9.17, 15) is 9.59 Å². The van der Waals surface area contributed by atoms with Crippen molar-refractivity contribution in [3.05, 3.63) is 99.5 Å². The first-order chi connectivity index (χ1) is 17.8. The third-order valence-electron chi connectivity index (χ3n) is 6.01. The van der Waals surface area contributed by atoms with E-state index < -0.39 is 6.04 Å². The minimum atomic E-state index is -0.758. The van der Waals surface area contributed by atoms with Crippen molar-refractivity contribution >= 4 is 35.0 Å². The van der Waals surface area contributed by atoms with Crippen LogP contribution in [0.5, 0.6) is 5.75 Å². The molecule has 7 heteroatoms. The molecule has 0 radical (unpaired) electrons. The van der Waals surface area contributed by atoms with Gasteiger partial charge in [0, 0.05) is 29.6 Å². The standard InChI is InChI=1S/C30H34Cl2N2O3/c1-4-22-10-14-26(15-11-22)37-20-29(35)34(19-24-12-13-25(31)17-27(24)32)28(30(36)33-18-21(2)3)16-23-8-6-5-7-9-23/h5-15,17,21,28H,4,16,18-20H2,1-3H3,(H,33,36)/t28-/m0/s1. The third kappa shape index (κ3) is 8.80. The number of hydrogen-bond acceptors (Lipinski definition) is 3. The van der Waals surface area contributed by atoms with Crippen molar-refractivity contribution in [3.63, 3.8) is 0 Å². The molecule has 3 aromatic carbocycles. The minimum Gasteiger partial charge on any atom is -0.484 e. The maximum atomic E-state index is 13.6. The van der Waals surface area contributed by atoms with E-state index in [1.165, 1.54) is 5.56 Å². The molecule has 0 aliphatic heterocycles. The molecular weight excluding hydrogens is 507 g/mol. The monoisotopic (exact) mass is 540 g/mol. The maximum absolute atomic E-state index is 13.6. The molecule has 0 aliphatic carbocycles. The number of ether oxygens (including phenoxy) is 1. The third-order valence-corrected chi connectivity index (χ3v) is 6.59. The van der Waals surface area contributed by atoms with Crippen LogP contribution in [0, 0.1) is 5.92 Å². The molecule has 5 nitrogen and oxygen atoms in total. The number of rotatable bonds is 12. The average molecular weight is 542 g/mol. The van der Waals surface area contributed by atoms with Crippen LogP contribution < -0.4 is 10.1 Å². The molecule has 3 aromatic rings. The van der Waals surface area contributed by atoms with Gasteiger partial charge in [-0.2, -0.15) is 0 Å². The first-order valence-electron chi connectivity index (χ1n) is 12.5. The molecule has 3 rings (SSSR count). The van der Waals surface area contributed by atoms with E-state index in [0.29, 0.717) is 34.3 Å². The SMILES string of the molecule is CCc1ccc(OCC(=O)N(Cc2ccc(Cl)cc2Cl)[C@@H](Cc2ccccc2)C(=O)NCC(C)C)cc1. The van der Waals surface area contributed by atoms with Gasteiger partial charge in [-0.25, -0.2) is 0 Å². The molecule has 196 valence electrons. The Morgan fingerprint density at radius 1 is 0.946 bits per heavy atom. The van der Waals surface area contributed by atoms with Gasteiger partial charge in [-0.3, -0.25) is 9.59 Å². The van der Waals surface area contributed by atoms with E-state index in [1.54, 1.807) is 23.1 Å². The molecule has 0 fully saturated rings. The normalized spacial score (nSPS) is 11.7. The lowest BCUT2D eigenvalue weighted by atomic mass is 10.0. The summed E-state index contributed by atoms with van der Waals surface area (Å²) in [5.74, 6) is 0.332. The van der Waals surface area contributed by atoms with Crippen LogP contribution in [0.4, 0.5) is 0 Å². The Labute approximate surface area is 229 Å². The van der Waals surface area contributed by atoms with Gasteiger partial charge in [0.05, 0.1) is 0 Å². The number of carbonyl (C=O) groups excluding carboxylic acids is 2. The summed E-state index contributed by atoms with van der Waals surface area (Å²) in [4.78, 5) is 28.7. The second-order valence-electron chi connectivity index (χ2n) is 9.39. The summed E-state index contributed by atoms with van der Waals surface area (Å²) in [6.45, 7) is 6.57. The minimum absolute atomic E-state index is 0.138. The number of benzene rings is 3. The van der Waals surface area contributed by atoms with Crippen molar-refractivity contribution in [2.75, 3.05) is 13.2 Å². The second kappa shape index (κ2) is 14.1. The van der Waals surface area contributed by atoms with E-state index in [1.807, 2.05) is 68.4 Å². The smallest absolute Gasteiger partial charge is 0.261 e. The molecule has 0 aromatic heterocycles. The molecular formula is C30H34Cl2N2O3. The Morgan fingerprint density at radius 2 is 1.65 bits per heavy atom. The first-order valence-corrected chi connectivity index (χ1v) is 13.3. The summed E-state index contributed by atoms with van der Waals surface area (Å²) < 4.78 is 5.84. The molecule has 0 unspecified atom stereocenters. The van der Waals surface area contributed by atoms with Gasteiger partial charge >= 0.3 is 0 Å². The van der Waals surface area contributed by atoms with Crippen LogP contribution in [0.15, 0.2) is 72.8 Å². The predicted octanol–water partition coefficient (Wildman–Crippen LogP) is 6.35. The fourth-order valence-electron chi connectivity index (χ4n) is 3.86. The summed E-state index contributed by atoms with van der Waals surface area (Å²) >= 11 is 12.6. The lowest BCUT2D eigenvalue weighted by Crippen LogP contribution is -2.52. The number of hydrogen-bond donors (Lipinski definition) is 1. The van der Waals surface area contributed by atoms with Gasteiger partial charge in [-0.15, -0.1) is 0 Å². The highest BCUT2D eigenvalue weighted by Gasteiger charge is 2.31. The van der Waals surface area contributed by atoms with Crippen molar-refractivity contribution < 1.29 is 14.3 Å². The summed E-state index contributed by atoms with van der Waals surface area (Å²) in [5.41, 5.74) is 2.83. The van der Waals surface area contributed by atoms with Crippen LogP contribution >= 0.6 is 23.2 Å². The quantitative estimate of drug-likeness (QED) is 0.291. The Morgan fingerprint density at radius 3 is 2.27 bits per heavy atom. The van der Waals surface area contributed by atoms with E-state index >= 15 is 0 Å². The molecule has 0 spiro atoms. The number of nitrogens with zero attached hydrogens (tertiary/aromatic N) is 1. The van der Waals surface area contributed by atoms with Crippen LogP contribution in [-0.2, 0) is 29.0 Å². The Bertz CT molecular complexity index is 1170. The largest absolute Gasteiger partial charge is 0.484 e. The maximum Gasteiger partial charge on any atom is 0.261 e. The molecule has 0 saturated heterocycles. The summed E-state index contributed by atoms with van der Waals surface area (Å²) in [7, 11) is 0. The lowest BCUT2D eigenvalue weighted by molar-refractivity contribution is -0.142. The summed E-state index contributed by atoms with van der Waals surface area (Å²) in [6, 6.07) is 21.7. The highest BCUT2D eigenvalue weighted by molar-refractivity contribution is 6.35. The average Bonchev–Trinajstić information content (AvgIpc) is 2.89. The highest BCUT2D eigenvalue weighted by atomic mass is 35.5. The van der Waals surface area contributed by atoms with Gasteiger partial charge in [0.25, 0.3) is 5.91 Å². The van der Waals surface area contributed by atoms with Gasteiger partial charge in [-0.05, 0) is 53.3 Å². The van der Waals surface area contributed by atoms with E-state index in [2.05, 4.69) is 12.2 Å². The Hall–Kier alpha value is -3.02. The van der Waals surface area contributed by atoms with Crippen LogP contribution in [0.2, 0.25) is 10.0 Å². The topological polar surface area (TPSA) is 58.6 Å². The summed E-state index contributed by atoms with van der Waals surface area (Å²) in [6.07, 6.45) is 1.27. The van der Waals surface area contributed by atoms with Crippen molar-refractivity contribution in [3.8, 4) is 5.75 Å². The molecule has 2 amide bonds. The van der Waals surface area contributed by atoms with E-state index in [4.69, 9.17) is 27.9 Å². The molecule has 0 saturated carbocycles. The lowest BCUT2D eigenvalue weighted by Gasteiger charge is -2.32. The highest BCUT2D eigenvalue weighted by Crippen LogP contribution is 2.24. The number of nitrogens with one attached hydrogen (secondary N) is 1. The zero-order valence-electron chi connectivity index (χ0n) is 21.5. The number of carbonyl (C=O) groups is 2. The molecule has 1 N–H and O–H groups in total. The molecule has 0 aliphatic rings. The van der Waals surface area contributed by atoms with Crippen LogP contribution in [0.25, 0.3) is 0 Å². The Balaban J connectivity index is 1.91. The van der Waals surface area contributed by atoms with Gasteiger partial charge in [0.1, 0.15) is 11.8 Å². The number of amides is 2. The van der Waals surface area contributed by atoms with Crippen molar-refractivity contribution in [2.24, 2.45) is 5.92 Å². The van der Waals surface area contributed by atoms with Crippen molar-refractivity contribution in [1.29, 1.82) is 0 Å². The van der Waals surface area contributed by atoms with Crippen LogP contribution in [-0.4, -0.2) is 35.9 Å². The van der Waals surface area contributed by atoms with Crippen LogP contribution in [0.1, 0.15) is 37.5 Å². The molecule has 0 heterocycles. The van der Waals surface area contributed by atoms with Gasteiger partial charge in [0.15, 0.2) is 6.61 Å². The fourth-order valence-corrected chi connectivity index (χ4v) is 4.33. The summed E-state index contributed by atoms with van der Waals surface area (Å²) in [5, 5.41) is 3.94. The molecule has 1 atom stereocenters.